The lowest BCUT2D eigenvalue weighted by Crippen LogP contribution is -2.35. The summed E-state index contributed by atoms with van der Waals surface area (Å²) in [5.41, 5.74) is 0. The summed E-state index contributed by atoms with van der Waals surface area (Å²) in [5, 5.41) is 3.19. The molecule has 0 saturated heterocycles. The van der Waals surface area contributed by atoms with Crippen LogP contribution in [0, 0.1) is 17.8 Å². The lowest BCUT2D eigenvalue weighted by atomic mass is 10.1. The van der Waals surface area contributed by atoms with E-state index in [1.807, 2.05) is 0 Å². The van der Waals surface area contributed by atoms with Crippen molar-refractivity contribution in [1.82, 2.24) is 5.32 Å². The molecule has 3 saturated carbocycles. The highest BCUT2D eigenvalue weighted by atomic mass is 16.2. The van der Waals surface area contributed by atoms with Crippen LogP contribution in [-0.2, 0) is 4.79 Å². The average molecular weight is 165 g/mol. The van der Waals surface area contributed by atoms with E-state index in [4.69, 9.17) is 0 Å². The fraction of sp³-hybridized carbons (Fsp3) is 0.900. The number of nitrogens with one attached hydrogen (secondary N) is 1. The minimum atomic E-state index is 0.340. The van der Waals surface area contributed by atoms with E-state index in [0.717, 1.165) is 24.7 Å². The van der Waals surface area contributed by atoms with Crippen molar-refractivity contribution in [3.63, 3.8) is 0 Å². The van der Waals surface area contributed by atoms with Gasteiger partial charge in [-0.05, 0) is 43.9 Å². The molecule has 0 heterocycles. The molecule has 3 aliphatic rings. The number of amides is 1. The molecule has 3 unspecified atom stereocenters. The first-order chi connectivity index (χ1) is 5.84. The van der Waals surface area contributed by atoms with Crippen molar-refractivity contribution in [2.24, 2.45) is 17.8 Å². The van der Waals surface area contributed by atoms with Crippen molar-refractivity contribution >= 4 is 5.91 Å². The van der Waals surface area contributed by atoms with Crippen LogP contribution in [0.3, 0.4) is 0 Å². The van der Waals surface area contributed by atoms with Crippen LogP contribution in [0.5, 0.6) is 0 Å². The molecule has 0 spiro atoms. The predicted molar refractivity (Wildman–Crippen MR) is 45.5 cm³/mol. The summed E-state index contributed by atoms with van der Waals surface area (Å²) in [4.78, 5) is 11.4. The molecule has 2 heteroatoms. The maximum atomic E-state index is 11.4. The molecule has 0 radical (unpaired) electrons. The van der Waals surface area contributed by atoms with Crippen molar-refractivity contribution in [3.05, 3.63) is 0 Å². The van der Waals surface area contributed by atoms with Gasteiger partial charge in [0.2, 0.25) is 5.91 Å². The molecule has 3 aliphatic carbocycles. The highest BCUT2D eigenvalue weighted by Gasteiger charge is 2.49. The van der Waals surface area contributed by atoms with Gasteiger partial charge in [-0.2, -0.15) is 0 Å². The molecular formula is C10H15NO. The minimum absolute atomic E-state index is 0.340. The fourth-order valence-corrected chi connectivity index (χ4v) is 2.53. The van der Waals surface area contributed by atoms with Crippen molar-refractivity contribution in [2.45, 2.75) is 38.1 Å². The van der Waals surface area contributed by atoms with Crippen LogP contribution in [0.25, 0.3) is 0 Å². The van der Waals surface area contributed by atoms with Gasteiger partial charge < -0.3 is 5.32 Å². The molecule has 0 bridgehead atoms. The Bertz CT molecular complexity index is 222. The molecule has 1 amide bonds. The summed E-state index contributed by atoms with van der Waals surface area (Å²) in [5.74, 6) is 2.58. The van der Waals surface area contributed by atoms with Crippen molar-refractivity contribution in [3.8, 4) is 0 Å². The third-order valence-corrected chi connectivity index (χ3v) is 3.62. The van der Waals surface area contributed by atoms with Crippen molar-refractivity contribution in [2.75, 3.05) is 0 Å². The first kappa shape index (κ1) is 6.93. The van der Waals surface area contributed by atoms with E-state index >= 15 is 0 Å². The number of carbonyl (C=O) groups excluding carboxylic acids is 1. The average Bonchev–Trinajstić information content (AvgIpc) is 2.96. The third kappa shape index (κ3) is 1.05. The van der Waals surface area contributed by atoms with E-state index in [1.165, 1.54) is 19.3 Å². The largest absolute Gasteiger partial charge is 0.353 e. The summed E-state index contributed by atoms with van der Waals surface area (Å²) in [6.07, 6.45) is 6.25. The second kappa shape index (κ2) is 2.24. The molecule has 0 aromatic heterocycles. The maximum Gasteiger partial charge on any atom is 0.223 e. The smallest absolute Gasteiger partial charge is 0.223 e. The fourth-order valence-electron chi connectivity index (χ4n) is 2.53. The summed E-state index contributed by atoms with van der Waals surface area (Å²) in [7, 11) is 0. The van der Waals surface area contributed by atoms with E-state index in [2.05, 4.69) is 5.32 Å². The van der Waals surface area contributed by atoms with Crippen LogP contribution < -0.4 is 5.32 Å². The van der Waals surface area contributed by atoms with Gasteiger partial charge in [0.25, 0.3) is 0 Å². The predicted octanol–water partition coefficient (Wildman–Crippen LogP) is 1.31. The van der Waals surface area contributed by atoms with E-state index in [1.54, 1.807) is 0 Å². The number of fused-ring (bicyclic) bond motifs is 1. The van der Waals surface area contributed by atoms with Crippen LogP contribution in [0.2, 0.25) is 0 Å². The van der Waals surface area contributed by atoms with Gasteiger partial charge in [0.05, 0.1) is 0 Å². The van der Waals surface area contributed by atoms with Crippen LogP contribution in [-0.4, -0.2) is 11.9 Å². The van der Waals surface area contributed by atoms with Gasteiger partial charge >= 0.3 is 0 Å². The molecule has 0 aliphatic heterocycles. The Morgan fingerprint density at radius 1 is 1.17 bits per heavy atom. The summed E-state index contributed by atoms with van der Waals surface area (Å²) in [6.45, 7) is 0. The zero-order valence-corrected chi connectivity index (χ0v) is 7.25. The molecular weight excluding hydrogens is 150 g/mol. The summed E-state index contributed by atoms with van der Waals surface area (Å²) >= 11 is 0. The Morgan fingerprint density at radius 3 is 2.50 bits per heavy atom. The lowest BCUT2D eigenvalue weighted by molar-refractivity contribution is -0.123. The van der Waals surface area contributed by atoms with Gasteiger partial charge in [-0.25, -0.2) is 0 Å². The van der Waals surface area contributed by atoms with Gasteiger partial charge in [-0.15, -0.1) is 0 Å². The molecule has 3 fully saturated rings. The van der Waals surface area contributed by atoms with Crippen LogP contribution >= 0.6 is 0 Å². The Hall–Kier alpha value is -0.530. The Balaban J connectivity index is 1.56. The van der Waals surface area contributed by atoms with Crippen molar-refractivity contribution in [1.29, 1.82) is 0 Å². The monoisotopic (exact) mass is 165 g/mol. The zero-order chi connectivity index (χ0) is 8.13. The highest BCUT2D eigenvalue weighted by Crippen LogP contribution is 2.51. The quantitative estimate of drug-likeness (QED) is 0.656. The molecule has 3 rings (SSSR count). The third-order valence-electron chi connectivity index (χ3n) is 3.62. The summed E-state index contributed by atoms with van der Waals surface area (Å²) in [6, 6.07) is 0.558. The first-order valence-electron chi connectivity index (χ1n) is 5.15. The number of hydrogen-bond donors (Lipinski definition) is 1. The van der Waals surface area contributed by atoms with Crippen molar-refractivity contribution < 1.29 is 4.79 Å². The zero-order valence-electron chi connectivity index (χ0n) is 7.25. The molecule has 3 atom stereocenters. The van der Waals surface area contributed by atoms with E-state index < -0.39 is 0 Å². The number of rotatable bonds is 2. The highest BCUT2D eigenvalue weighted by molar-refractivity contribution is 5.81. The Kier molecular flexibility index (Phi) is 1.29. The number of hydrogen-bond acceptors (Lipinski definition) is 1. The van der Waals surface area contributed by atoms with Gasteiger partial charge in [-0.3, -0.25) is 4.79 Å². The second-order valence-electron chi connectivity index (χ2n) is 4.63. The van der Waals surface area contributed by atoms with Gasteiger partial charge in [0.1, 0.15) is 0 Å². The lowest BCUT2D eigenvalue weighted by Gasteiger charge is -2.13. The standard InChI is InChI=1S/C10H15NO/c12-10(6-1-2-6)11-9-4-3-7-5-8(7)9/h6-9H,1-5H2,(H,11,12). The Labute approximate surface area is 72.7 Å². The molecule has 66 valence electrons. The molecule has 0 aromatic rings. The minimum Gasteiger partial charge on any atom is -0.353 e. The molecule has 12 heavy (non-hydrogen) atoms. The van der Waals surface area contributed by atoms with E-state index in [9.17, 15) is 4.79 Å². The van der Waals surface area contributed by atoms with E-state index in [0.29, 0.717) is 17.9 Å². The first-order valence-corrected chi connectivity index (χ1v) is 5.15. The van der Waals surface area contributed by atoms with Crippen LogP contribution in [0.1, 0.15) is 32.1 Å². The van der Waals surface area contributed by atoms with Crippen LogP contribution in [0.4, 0.5) is 0 Å². The van der Waals surface area contributed by atoms with Gasteiger partial charge in [0, 0.05) is 12.0 Å². The van der Waals surface area contributed by atoms with Gasteiger partial charge in [-0.1, -0.05) is 0 Å². The SMILES string of the molecule is O=C(NC1CCC2CC21)C1CC1. The maximum absolute atomic E-state index is 11.4. The van der Waals surface area contributed by atoms with E-state index in [-0.39, 0.29) is 0 Å². The second-order valence-corrected chi connectivity index (χ2v) is 4.63. The number of carbonyl (C=O) groups is 1. The summed E-state index contributed by atoms with van der Waals surface area (Å²) < 4.78 is 0. The Morgan fingerprint density at radius 2 is 2.00 bits per heavy atom. The normalized spacial score (nSPS) is 43.8. The molecule has 0 aromatic carbocycles. The molecule has 2 nitrogen and oxygen atoms in total. The van der Waals surface area contributed by atoms with Gasteiger partial charge in [0.15, 0.2) is 0 Å². The topological polar surface area (TPSA) is 29.1 Å². The molecule has 1 N–H and O–H groups in total. The van der Waals surface area contributed by atoms with Crippen LogP contribution in [0.15, 0.2) is 0 Å².